The van der Waals surface area contributed by atoms with Gasteiger partial charge < -0.3 is 10.4 Å². The molecule has 1 aromatic carbocycles. The van der Waals surface area contributed by atoms with Gasteiger partial charge in [0.1, 0.15) is 5.75 Å². The Hall–Kier alpha value is -1.55. The summed E-state index contributed by atoms with van der Waals surface area (Å²) in [6.45, 7) is 2.03. The van der Waals surface area contributed by atoms with Gasteiger partial charge in [0.2, 0.25) is 0 Å². The number of phenolic OH excluding ortho intramolecular Hbond substituents is 1. The van der Waals surface area contributed by atoms with Gasteiger partial charge in [-0.2, -0.15) is 5.10 Å². The van der Waals surface area contributed by atoms with Gasteiger partial charge in [0.05, 0.1) is 18.3 Å². The van der Waals surface area contributed by atoms with Crippen LogP contribution in [-0.2, 0) is 6.54 Å². The quantitative estimate of drug-likeness (QED) is 0.829. The van der Waals surface area contributed by atoms with Crippen LogP contribution in [0, 0.1) is 0 Å². The number of hydrogen-bond donors (Lipinski definition) is 2. The minimum atomic E-state index is 0.299. The van der Waals surface area contributed by atoms with Crippen molar-refractivity contribution in [2.24, 2.45) is 0 Å². The first kappa shape index (κ1) is 10.6. The molecule has 90 valence electrons. The van der Waals surface area contributed by atoms with Crippen LogP contribution in [0.4, 0.5) is 0 Å². The summed E-state index contributed by atoms with van der Waals surface area (Å²) in [6, 6.07) is 5.93. The molecule has 0 bridgehead atoms. The fraction of sp³-hybridized carbons (Fsp3) is 0.462. The van der Waals surface area contributed by atoms with Gasteiger partial charge in [-0.1, -0.05) is 6.42 Å². The van der Waals surface area contributed by atoms with E-state index in [4.69, 9.17) is 0 Å². The predicted molar refractivity (Wildman–Crippen MR) is 67.0 cm³/mol. The number of piperidine rings is 1. The summed E-state index contributed by atoms with van der Waals surface area (Å²) in [5, 5.41) is 18.3. The minimum Gasteiger partial charge on any atom is -0.508 e. The maximum absolute atomic E-state index is 9.41. The Morgan fingerprint density at radius 1 is 1.41 bits per heavy atom. The average molecular weight is 231 g/mol. The molecule has 1 unspecified atom stereocenters. The van der Waals surface area contributed by atoms with Crippen molar-refractivity contribution in [3.05, 3.63) is 24.4 Å². The molecule has 1 saturated heterocycles. The van der Waals surface area contributed by atoms with Crippen molar-refractivity contribution in [2.75, 3.05) is 6.54 Å². The van der Waals surface area contributed by atoms with E-state index in [1.807, 2.05) is 16.9 Å². The summed E-state index contributed by atoms with van der Waals surface area (Å²) >= 11 is 0. The van der Waals surface area contributed by atoms with Crippen LogP contribution in [0.5, 0.6) is 5.75 Å². The van der Waals surface area contributed by atoms with E-state index in [9.17, 15) is 5.11 Å². The molecule has 2 N–H and O–H groups in total. The van der Waals surface area contributed by atoms with Crippen LogP contribution >= 0.6 is 0 Å². The lowest BCUT2D eigenvalue weighted by molar-refractivity contribution is 0.355. The number of hydrogen-bond acceptors (Lipinski definition) is 3. The Balaban J connectivity index is 1.84. The third kappa shape index (κ3) is 2.13. The summed E-state index contributed by atoms with van der Waals surface area (Å²) < 4.78 is 2.03. The Morgan fingerprint density at radius 3 is 3.18 bits per heavy atom. The third-order valence-electron chi connectivity index (χ3n) is 3.43. The highest BCUT2D eigenvalue weighted by atomic mass is 16.3. The fourth-order valence-electron chi connectivity index (χ4n) is 2.51. The first-order valence-electron chi connectivity index (χ1n) is 6.21. The van der Waals surface area contributed by atoms with Gasteiger partial charge in [0.25, 0.3) is 0 Å². The zero-order valence-corrected chi connectivity index (χ0v) is 9.76. The highest BCUT2D eigenvalue weighted by molar-refractivity contribution is 5.80. The van der Waals surface area contributed by atoms with E-state index in [1.54, 1.807) is 12.1 Å². The Labute approximate surface area is 100 Å². The van der Waals surface area contributed by atoms with E-state index in [-0.39, 0.29) is 0 Å². The molecule has 2 heterocycles. The van der Waals surface area contributed by atoms with Crippen molar-refractivity contribution in [1.82, 2.24) is 15.1 Å². The minimum absolute atomic E-state index is 0.299. The van der Waals surface area contributed by atoms with Gasteiger partial charge >= 0.3 is 0 Å². The smallest absolute Gasteiger partial charge is 0.116 e. The van der Waals surface area contributed by atoms with Crippen LogP contribution in [-0.4, -0.2) is 27.5 Å². The molecule has 2 aromatic rings. The van der Waals surface area contributed by atoms with Crippen LogP contribution in [0.15, 0.2) is 24.4 Å². The molecular formula is C13H17N3O. The number of rotatable bonds is 2. The lowest BCUT2D eigenvalue weighted by Gasteiger charge is -2.23. The SMILES string of the molecule is Oc1ccc2c(cnn2CC2CCCCN2)c1. The summed E-state index contributed by atoms with van der Waals surface area (Å²) in [6.07, 6.45) is 5.62. The number of nitrogens with zero attached hydrogens (tertiary/aromatic N) is 2. The zero-order chi connectivity index (χ0) is 11.7. The molecule has 0 amide bonds. The number of aromatic hydroxyl groups is 1. The predicted octanol–water partition coefficient (Wildman–Crippen LogP) is 1.88. The molecule has 1 aliphatic heterocycles. The van der Waals surface area contributed by atoms with Gasteiger partial charge in [-0.05, 0) is 37.6 Å². The lowest BCUT2D eigenvalue weighted by atomic mass is 10.1. The van der Waals surface area contributed by atoms with E-state index >= 15 is 0 Å². The Morgan fingerprint density at radius 2 is 2.35 bits per heavy atom. The van der Waals surface area contributed by atoms with Crippen molar-refractivity contribution in [3.8, 4) is 5.75 Å². The van der Waals surface area contributed by atoms with E-state index < -0.39 is 0 Å². The summed E-state index contributed by atoms with van der Waals surface area (Å²) in [5.41, 5.74) is 1.09. The molecule has 17 heavy (non-hydrogen) atoms. The second kappa shape index (κ2) is 4.37. The number of nitrogens with one attached hydrogen (secondary N) is 1. The highest BCUT2D eigenvalue weighted by Gasteiger charge is 2.14. The lowest BCUT2D eigenvalue weighted by Crippen LogP contribution is -2.37. The van der Waals surface area contributed by atoms with Crippen LogP contribution < -0.4 is 5.32 Å². The molecule has 1 aromatic heterocycles. The first-order chi connectivity index (χ1) is 8.33. The topological polar surface area (TPSA) is 50.1 Å². The second-order valence-electron chi connectivity index (χ2n) is 4.72. The van der Waals surface area contributed by atoms with Gasteiger partial charge in [-0.3, -0.25) is 4.68 Å². The molecule has 4 heteroatoms. The van der Waals surface area contributed by atoms with Gasteiger partial charge in [-0.25, -0.2) is 0 Å². The van der Waals surface area contributed by atoms with Crippen LogP contribution in [0.1, 0.15) is 19.3 Å². The Kier molecular flexibility index (Phi) is 2.73. The third-order valence-corrected chi connectivity index (χ3v) is 3.43. The van der Waals surface area contributed by atoms with Crippen LogP contribution in [0.3, 0.4) is 0 Å². The number of benzene rings is 1. The van der Waals surface area contributed by atoms with Crippen molar-refractivity contribution >= 4 is 10.9 Å². The van der Waals surface area contributed by atoms with Crippen molar-refractivity contribution in [2.45, 2.75) is 31.8 Å². The van der Waals surface area contributed by atoms with Crippen LogP contribution in [0.25, 0.3) is 10.9 Å². The molecular weight excluding hydrogens is 214 g/mol. The first-order valence-corrected chi connectivity index (χ1v) is 6.21. The number of fused-ring (bicyclic) bond motifs is 1. The largest absolute Gasteiger partial charge is 0.508 e. The molecule has 1 aliphatic rings. The highest BCUT2D eigenvalue weighted by Crippen LogP contribution is 2.20. The molecule has 3 rings (SSSR count). The molecule has 0 aliphatic carbocycles. The summed E-state index contributed by atoms with van der Waals surface area (Å²) in [5.74, 6) is 0.299. The normalized spacial score (nSPS) is 20.8. The van der Waals surface area contributed by atoms with Gasteiger partial charge in [-0.15, -0.1) is 0 Å². The number of aromatic nitrogens is 2. The fourth-order valence-corrected chi connectivity index (χ4v) is 2.51. The van der Waals surface area contributed by atoms with Crippen LogP contribution in [0.2, 0.25) is 0 Å². The maximum Gasteiger partial charge on any atom is 0.116 e. The summed E-state index contributed by atoms with van der Waals surface area (Å²) in [7, 11) is 0. The van der Waals surface area contributed by atoms with Crippen molar-refractivity contribution in [3.63, 3.8) is 0 Å². The van der Waals surface area contributed by atoms with Crippen molar-refractivity contribution in [1.29, 1.82) is 0 Å². The summed E-state index contributed by atoms with van der Waals surface area (Å²) in [4.78, 5) is 0. The molecule has 4 nitrogen and oxygen atoms in total. The van der Waals surface area contributed by atoms with E-state index in [2.05, 4.69) is 10.4 Å². The van der Waals surface area contributed by atoms with E-state index in [0.717, 1.165) is 24.0 Å². The van der Waals surface area contributed by atoms with E-state index in [1.165, 1.54) is 19.3 Å². The number of phenols is 1. The Bertz CT molecular complexity index is 514. The van der Waals surface area contributed by atoms with Gasteiger partial charge in [0, 0.05) is 11.4 Å². The monoisotopic (exact) mass is 231 g/mol. The maximum atomic E-state index is 9.41. The molecule has 0 spiro atoms. The molecule has 1 fully saturated rings. The molecule has 1 atom stereocenters. The molecule has 0 saturated carbocycles. The van der Waals surface area contributed by atoms with Crippen molar-refractivity contribution < 1.29 is 5.11 Å². The standard InChI is InChI=1S/C13H17N3O/c17-12-4-5-13-10(7-12)8-15-16(13)9-11-3-1-2-6-14-11/h4-5,7-8,11,14,17H,1-3,6,9H2. The zero-order valence-electron chi connectivity index (χ0n) is 9.76. The van der Waals surface area contributed by atoms with E-state index in [0.29, 0.717) is 11.8 Å². The van der Waals surface area contributed by atoms with Gasteiger partial charge in [0.15, 0.2) is 0 Å². The second-order valence-corrected chi connectivity index (χ2v) is 4.72. The molecule has 0 radical (unpaired) electrons. The average Bonchev–Trinajstić information content (AvgIpc) is 2.73.